The van der Waals surface area contributed by atoms with Gasteiger partial charge in [0.2, 0.25) is 10.0 Å². The molecule has 8 nitrogen and oxygen atoms in total. The van der Waals surface area contributed by atoms with Gasteiger partial charge in [0, 0.05) is 13.1 Å². The highest BCUT2D eigenvalue weighted by Gasteiger charge is 2.35. The number of carbonyl (C=O) groups excluding carboxylic acids is 2. The molecule has 0 spiro atoms. The molecule has 1 aliphatic rings. The molecule has 2 N–H and O–H groups in total. The predicted molar refractivity (Wildman–Crippen MR) is 112 cm³/mol. The van der Waals surface area contributed by atoms with Crippen molar-refractivity contribution >= 4 is 22.0 Å². The van der Waals surface area contributed by atoms with Gasteiger partial charge in [-0.05, 0) is 54.4 Å². The average Bonchev–Trinajstić information content (AvgIpc) is 3.04. The van der Waals surface area contributed by atoms with E-state index < -0.39 is 39.7 Å². The van der Waals surface area contributed by atoms with E-state index in [-0.39, 0.29) is 35.4 Å². The van der Waals surface area contributed by atoms with Crippen LogP contribution in [0, 0.1) is 5.92 Å². The molecule has 12 heteroatoms. The fourth-order valence-corrected chi connectivity index (χ4v) is 4.76. The molecule has 1 fully saturated rings. The Hall–Kier alpha value is -3.12. The summed E-state index contributed by atoms with van der Waals surface area (Å²) in [5.41, 5.74) is -0.811. The van der Waals surface area contributed by atoms with E-state index in [0.29, 0.717) is 0 Å². The first-order valence-electron chi connectivity index (χ1n) is 9.93. The van der Waals surface area contributed by atoms with Crippen LogP contribution in [0.2, 0.25) is 0 Å². The number of ether oxygens (including phenoxy) is 1. The summed E-state index contributed by atoms with van der Waals surface area (Å²) in [5, 5.41) is 4.45. The lowest BCUT2D eigenvalue weighted by Gasteiger charge is -2.25. The monoisotopic (exact) mass is 485 g/mol. The van der Waals surface area contributed by atoms with Gasteiger partial charge in [-0.25, -0.2) is 13.2 Å². The molecule has 2 aromatic carbocycles. The summed E-state index contributed by atoms with van der Waals surface area (Å²) in [5.74, 6) is -0.277. The van der Waals surface area contributed by atoms with Crippen LogP contribution in [0.3, 0.4) is 0 Å². The number of imide groups is 1. The van der Waals surface area contributed by atoms with Crippen LogP contribution in [0.25, 0.3) is 0 Å². The number of urea groups is 1. The second kappa shape index (κ2) is 9.40. The average molecular weight is 485 g/mol. The van der Waals surface area contributed by atoms with E-state index in [4.69, 9.17) is 4.74 Å². The molecule has 1 heterocycles. The van der Waals surface area contributed by atoms with Crippen LogP contribution in [0.4, 0.5) is 18.0 Å². The van der Waals surface area contributed by atoms with Crippen LogP contribution >= 0.6 is 0 Å². The zero-order chi connectivity index (χ0) is 24.4. The number of nitrogens with one attached hydrogen (secondary N) is 2. The topological polar surface area (TPSA) is 105 Å². The minimum absolute atomic E-state index is 0.0535. The Labute approximate surface area is 188 Å². The van der Waals surface area contributed by atoms with Gasteiger partial charge in [-0.3, -0.25) is 10.1 Å². The number of alkyl halides is 3. The van der Waals surface area contributed by atoms with Gasteiger partial charge >= 0.3 is 12.2 Å². The number of carbonyl (C=O) groups is 2. The molecule has 1 atom stereocenters. The van der Waals surface area contributed by atoms with Gasteiger partial charge in [-0.2, -0.15) is 17.5 Å². The van der Waals surface area contributed by atoms with Crippen molar-refractivity contribution < 1.29 is 35.9 Å². The number of amides is 3. The van der Waals surface area contributed by atoms with E-state index in [1.807, 2.05) is 13.8 Å². The summed E-state index contributed by atoms with van der Waals surface area (Å²) in [7, 11) is -4.01. The van der Waals surface area contributed by atoms with E-state index in [1.54, 1.807) is 0 Å². The van der Waals surface area contributed by atoms with Gasteiger partial charge in [0.25, 0.3) is 5.91 Å². The van der Waals surface area contributed by atoms with Crippen LogP contribution in [-0.4, -0.2) is 43.8 Å². The maximum atomic E-state index is 13.2. The molecule has 3 rings (SSSR count). The fraction of sp³-hybridized carbons (Fsp3) is 0.333. The third kappa shape index (κ3) is 6.02. The molecule has 0 radical (unpaired) electrons. The molecule has 1 unspecified atom stereocenters. The summed E-state index contributed by atoms with van der Waals surface area (Å²) in [6.07, 6.45) is -4.46. The molecule has 1 aliphatic heterocycles. The molecular formula is C21H22F3N3O5S. The van der Waals surface area contributed by atoms with Crippen molar-refractivity contribution in [2.45, 2.75) is 31.0 Å². The Balaban J connectivity index is 1.76. The first-order chi connectivity index (χ1) is 15.4. The Morgan fingerprint density at radius 1 is 1.00 bits per heavy atom. The third-order valence-electron chi connectivity index (χ3n) is 4.69. The van der Waals surface area contributed by atoms with Gasteiger partial charge in [-0.15, -0.1) is 0 Å². The number of hydrogen-bond donors (Lipinski definition) is 2. The number of benzene rings is 2. The number of nitrogens with zero attached hydrogens (tertiary/aromatic N) is 1. The molecular weight excluding hydrogens is 463 g/mol. The summed E-state index contributed by atoms with van der Waals surface area (Å²) in [6.45, 7) is 3.52. The molecule has 0 saturated carbocycles. The third-order valence-corrected chi connectivity index (χ3v) is 6.54. The molecule has 2 aromatic rings. The number of halogens is 3. The zero-order valence-electron chi connectivity index (χ0n) is 17.7. The van der Waals surface area contributed by atoms with Gasteiger partial charge in [0.15, 0.2) is 0 Å². The lowest BCUT2D eigenvalue weighted by Crippen LogP contribution is -2.45. The highest BCUT2D eigenvalue weighted by molar-refractivity contribution is 7.89. The summed E-state index contributed by atoms with van der Waals surface area (Å²) >= 11 is 0. The van der Waals surface area contributed by atoms with Crippen molar-refractivity contribution in [3.05, 3.63) is 54.1 Å². The van der Waals surface area contributed by atoms with Crippen LogP contribution in [0.15, 0.2) is 53.4 Å². The summed E-state index contributed by atoms with van der Waals surface area (Å²) in [6, 6.07) is 7.77. The normalized spacial score (nSPS) is 16.8. The minimum Gasteiger partial charge on any atom is -0.457 e. The molecule has 0 aliphatic carbocycles. The zero-order valence-corrected chi connectivity index (χ0v) is 18.5. The van der Waals surface area contributed by atoms with Crippen LogP contribution in [0.1, 0.15) is 19.4 Å². The highest BCUT2D eigenvalue weighted by atomic mass is 32.2. The molecule has 3 amide bonds. The van der Waals surface area contributed by atoms with Crippen molar-refractivity contribution in [2.24, 2.45) is 5.92 Å². The van der Waals surface area contributed by atoms with Crippen LogP contribution < -0.4 is 15.4 Å². The SMILES string of the molecule is CC(C)CN(CC1NC(=O)NC1=O)S(=O)(=O)c1ccc(Oc2ccc(C(F)(F)F)cc2)cc1. The maximum Gasteiger partial charge on any atom is 0.416 e. The van der Waals surface area contributed by atoms with Crippen LogP contribution in [-0.2, 0) is 21.0 Å². The standard InChI is InChI=1S/C21H22F3N3O5S/c1-13(2)11-27(12-18-19(28)26-20(29)25-18)33(30,31)17-9-7-16(8-10-17)32-15-5-3-14(4-6-15)21(22,23)24/h3-10,13,18H,11-12H2,1-2H3,(H2,25,26,28,29). The quantitative estimate of drug-likeness (QED) is 0.558. The number of rotatable bonds is 8. The van der Waals surface area contributed by atoms with Crippen molar-refractivity contribution in [1.29, 1.82) is 0 Å². The first-order valence-corrected chi connectivity index (χ1v) is 11.4. The fourth-order valence-electron chi connectivity index (χ4n) is 3.15. The van der Waals surface area contributed by atoms with Gasteiger partial charge in [0.1, 0.15) is 17.5 Å². The predicted octanol–water partition coefficient (Wildman–Crippen LogP) is 3.35. The number of sulfonamides is 1. The maximum absolute atomic E-state index is 13.2. The lowest BCUT2D eigenvalue weighted by atomic mass is 10.2. The largest absolute Gasteiger partial charge is 0.457 e. The first kappa shape index (κ1) is 24.5. The number of hydrogen-bond acceptors (Lipinski definition) is 5. The molecule has 0 aromatic heterocycles. The van der Waals surface area contributed by atoms with Crippen molar-refractivity contribution in [1.82, 2.24) is 14.9 Å². The summed E-state index contributed by atoms with van der Waals surface area (Å²) < 4.78 is 71.0. The molecule has 178 valence electrons. The minimum atomic E-state index is -4.46. The smallest absolute Gasteiger partial charge is 0.416 e. The molecule has 1 saturated heterocycles. The lowest BCUT2D eigenvalue weighted by molar-refractivity contribution is -0.137. The van der Waals surface area contributed by atoms with E-state index in [1.165, 1.54) is 36.4 Å². The van der Waals surface area contributed by atoms with Gasteiger partial charge < -0.3 is 10.1 Å². The van der Waals surface area contributed by atoms with E-state index in [2.05, 4.69) is 10.6 Å². The van der Waals surface area contributed by atoms with Crippen LogP contribution in [0.5, 0.6) is 11.5 Å². The van der Waals surface area contributed by atoms with E-state index in [0.717, 1.165) is 16.4 Å². The van der Waals surface area contributed by atoms with Gasteiger partial charge in [-0.1, -0.05) is 13.8 Å². The Bertz CT molecular complexity index is 1120. The van der Waals surface area contributed by atoms with Crippen molar-refractivity contribution in [3.8, 4) is 11.5 Å². The van der Waals surface area contributed by atoms with E-state index in [9.17, 15) is 31.2 Å². The van der Waals surface area contributed by atoms with E-state index >= 15 is 0 Å². The second-order valence-electron chi connectivity index (χ2n) is 7.83. The van der Waals surface area contributed by atoms with Crippen molar-refractivity contribution in [3.63, 3.8) is 0 Å². The Morgan fingerprint density at radius 2 is 1.55 bits per heavy atom. The van der Waals surface area contributed by atoms with Gasteiger partial charge in [0.05, 0.1) is 10.5 Å². The van der Waals surface area contributed by atoms with Crippen molar-refractivity contribution in [2.75, 3.05) is 13.1 Å². The Morgan fingerprint density at radius 3 is 2.00 bits per heavy atom. The molecule has 33 heavy (non-hydrogen) atoms. The highest BCUT2D eigenvalue weighted by Crippen LogP contribution is 2.31. The second-order valence-corrected chi connectivity index (χ2v) is 9.76. The Kier molecular flexibility index (Phi) is 6.98. The summed E-state index contributed by atoms with van der Waals surface area (Å²) in [4.78, 5) is 23.2. The molecule has 0 bridgehead atoms.